The maximum atomic E-state index is 12.0. The Hall–Kier alpha value is -3.53. The van der Waals surface area contributed by atoms with Crippen molar-refractivity contribution in [3.63, 3.8) is 0 Å². The highest BCUT2D eigenvalue weighted by atomic mass is 16.6. The normalized spacial score (nSPS) is 19.1. The molecule has 1 N–H and O–H groups in total. The van der Waals surface area contributed by atoms with E-state index < -0.39 is 21.2 Å². The van der Waals surface area contributed by atoms with Crippen LogP contribution in [-0.4, -0.2) is 44.2 Å². The summed E-state index contributed by atoms with van der Waals surface area (Å²) in [5.41, 5.74) is 1.92. The zero-order valence-corrected chi connectivity index (χ0v) is 18.8. The summed E-state index contributed by atoms with van der Waals surface area (Å²) in [4.78, 5) is 28.9. The number of hydrogen-bond acceptors (Lipinski definition) is 7. The van der Waals surface area contributed by atoms with E-state index in [-0.39, 0.29) is 18.1 Å². The first kappa shape index (κ1) is 22.3. The molecule has 1 aliphatic heterocycles. The lowest BCUT2D eigenvalue weighted by molar-refractivity contribution is -0.422. The molecule has 2 heterocycles. The monoisotopic (exact) mass is 465 g/mol. The van der Waals surface area contributed by atoms with Crippen molar-refractivity contribution in [1.29, 1.82) is 0 Å². The van der Waals surface area contributed by atoms with Crippen LogP contribution >= 0.6 is 0 Å². The average Bonchev–Trinajstić information content (AvgIpc) is 3.50. The topological polar surface area (TPSA) is 128 Å². The van der Waals surface area contributed by atoms with Crippen molar-refractivity contribution < 1.29 is 15.0 Å². The number of benzene rings is 2. The minimum atomic E-state index is -0.693. The van der Waals surface area contributed by atoms with Gasteiger partial charge in [0.1, 0.15) is 0 Å². The minimum absolute atomic E-state index is 0.0404. The smallest absolute Gasteiger partial charge is 0.353 e. The van der Waals surface area contributed by atoms with E-state index in [1.54, 1.807) is 18.2 Å². The van der Waals surface area contributed by atoms with Gasteiger partial charge >= 0.3 is 11.4 Å². The molecule has 1 atom stereocenters. The summed E-state index contributed by atoms with van der Waals surface area (Å²) in [5, 5.41) is 33.3. The van der Waals surface area contributed by atoms with Gasteiger partial charge in [0.05, 0.1) is 32.8 Å². The van der Waals surface area contributed by atoms with Crippen molar-refractivity contribution in [1.82, 2.24) is 9.55 Å². The lowest BCUT2D eigenvalue weighted by Crippen LogP contribution is -2.21. The van der Waals surface area contributed by atoms with E-state index in [1.165, 1.54) is 25.3 Å². The number of aliphatic hydroxyl groups is 1. The van der Waals surface area contributed by atoms with Crippen LogP contribution in [0.4, 0.5) is 17.1 Å². The lowest BCUT2D eigenvalue weighted by Gasteiger charge is -2.23. The maximum Gasteiger partial charge on any atom is 0.353 e. The molecule has 1 aromatic heterocycles. The average molecular weight is 466 g/mol. The lowest BCUT2D eigenvalue weighted by atomic mass is 9.95. The van der Waals surface area contributed by atoms with Crippen LogP contribution in [0.1, 0.15) is 44.6 Å². The van der Waals surface area contributed by atoms with Crippen LogP contribution in [0.3, 0.4) is 0 Å². The second-order valence-corrected chi connectivity index (χ2v) is 9.31. The number of imidazole rings is 1. The second-order valence-electron chi connectivity index (χ2n) is 9.31. The molecule has 1 aliphatic carbocycles. The van der Waals surface area contributed by atoms with Gasteiger partial charge in [-0.1, -0.05) is 25.3 Å². The van der Waals surface area contributed by atoms with Crippen LogP contribution in [0.2, 0.25) is 0 Å². The second kappa shape index (κ2) is 9.02. The molecule has 0 unspecified atom stereocenters. The Bertz CT molecular complexity index is 1250. The standard InChI is InChI=1S/C24H27N5O5/c30-14-16-8-9-26(13-16)19-11-20(24(29(33)34)23(12-19)28(31)32)17-6-7-22-21(10-17)25-15-27(22)18-4-2-1-3-5-18/h6-7,10-12,15-16,18,30H,1-5,8-9,13-14H2/t16-/m0/s1. The van der Waals surface area contributed by atoms with Gasteiger partial charge in [0, 0.05) is 43.4 Å². The zero-order valence-electron chi connectivity index (χ0n) is 18.8. The van der Waals surface area contributed by atoms with Crippen molar-refractivity contribution in [2.45, 2.75) is 44.6 Å². The zero-order chi connectivity index (χ0) is 23.8. The molecule has 34 heavy (non-hydrogen) atoms. The van der Waals surface area contributed by atoms with Crippen molar-refractivity contribution >= 4 is 28.1 Å². The molecule has 178 valence electrons. The van der Waals surface area contributed by atoms with Crippen molar-refractivity contribution in [3.05, 3.63) is 56.9 Å². The Morgan fingerprint density at radius 2 is 1.82 bits per heavy atom. The Morgan fingerprint density at radius 3 is 2.50 bits per heavy atom. The summed E-state index contributed by atoms with van der Waals surface area (Å²) in [6.07, 6.45) is 8.45. The first-order chi connectivity index (χ1) is 16.5. The molecule has 2 aliphatic rings. The van der Waals surface area contributed by atoms with Gasteiger partial charge < -0.3 is 14.6 Å². The van der Waals surface area contributed by atoms with Crippen molar-refractivity contribution in [2.75, 3.05) is 24.6 Å². The molecule has 1 saturated heterocycles. The van der Waals surface area contributed by atoms with Gasteiger partial charge in [-0.05, 0) is 43.0 Å². The Kier molecular flexibility index (Phi) is 5.91. The fraction of sp³-hybridized carbons (Fsp3) is 0.458. The third kappa shape index (κ3) is 3.98. The number of nitrogens with zero attached hydrogens (tertiary/aromatic N) is 5. The summed E-state index contributed by atoms with van der Waals surface area (Å²) in [6, 6.07) is 8.82. The van der Waals surface area contributed by atoms with Crippen LogP contribution in [0.15, 0.2) is 36.7 Å². The van der Waals surface area contributed by atoms with E-state index in [4.69, 9.17) is 0 Å². The highest BCUT2D eigenvalue weighted by Gasteiger charge is 2.33. The first-order valence-corrected chi connectivity index (χ1v) is 11.8. The summed E-state index contributed by atoms with van der Waals surface area (Å²) < 4.78 is 2.19. The quantitative estimate of drug-likeness (QED) is 0.407. The molecule has 5 rings (SSSR count). The molecule has 3 aromatic rings. The number of aromatic nitrogens is 2. The summed E-state index contributed by atoms with van der Waals surface area (Å²) in [7, 11) is 0. The van der Waals surface area contributed by atoms with E-state index >= 15 is 0 Å². The highest BCUT2D eigenvalue weighted by Crippen LogP contribution is 2.43. The number of hydrogen-bond donors (Lipinski definition) is 1. The van der Waals surface area contributed by atoms with Crippen LogP contribution in [0.5, 0.6) is 0 Å². The summed E-state index contributed by atoms with van der Waals surface area (Å²) in [6.45, 7) is 1.22. The largest absolute Gasteiger partial charge is 0.396 e. The predicted molar refractivity (Wildman–Crippen MR) is 128 cm³/mol. The number of aliphatic hydroxyl groups excluding tert-OH is 1. The molecule has 0 amide bonds. The number of nitro groups is 2. The van der Waals surface area contributed by atoms with Gasteiger partial charge in [0.2, 0.25) is 0 Å². The molecule has 1 saturated carbocycles. The van der Waals surface area contributed by atoms with Crippen molar-refractivity contribution in [3.8, 4) is 11.1 Å². The van der Waals surface area contributed by atoms with Crippen LogP contribution in [0, 0.1) is 26.1 Å². The van der Waals surface area contributed by atoms with Gasteiger partial charge in [0.15, 0.2) is 0 Å². The van der Waals surface area contributed by atoms with Crippen LogP contribution in [0.25, 0.3) is 22.2 Å². The number of rotatable bonds is 6. The van der Waals surface area contributed by atoms with E-state index in [0.717, 1.165) is 24.8 Å². The third-order valence-electron chi connectivity index (χ3n) is 7.22. The molecule has 10 nitrogen and oxygen atoms in total. The third-order valence-corrected chi connectivity index (χ3v) is 7.22. The minimum Gasteiger partial charge on any atom is -0.396 e. The SMILES string of the molecule is O=[N+]([O-])c1cc(N2CC[C@H](CO)C2)cc(-c2ccc3c(c2)ncn3C2CCCCC2)c1[N+](=O)[O-]. The van der Waals surface area contributed by atoms with Gasteiger partial charge in [-0.15, -0.1) is 0 Å². The Morgan fingerprint density at radius 1 is 1.03 bits per heavy atom. The van der Waals surface area contributed by atoms with E-state index in [2.05, 4.69) is 9.55 Å². The van der Waals surface area contributed by atoms with E-state index in [1.807, 2.05) is 17.3 Å². The number of anilines is 1. The molecule has 2 fully saturated rings. The van der Waals surface area contributed by atoms with Crippen molar-refractivity contribution in [2.24, 2.45) is 5.92 Å². The molecular weight excluding hydrogens is 438 g/mol. The Balaban J connectivity index is 1.61. The first-order valence-electron chi connectivity index (χ1n) is 11.8. The van der Waals surface area contributed by atoms with Gasteiger partial charge in [0.25, 0.3) is 0 Å². The fourth-order valence-electron chi connectivity index (χ4n) is 5.40. The number of fused-ring (bicyclic) bond motifs is 1. The van der Waals surface area contributed by atoms with Gasteiger partial charge in [-0.2, -0.15) is 0 Å². The van der Waals surface area contributed by atoms with E-state index in [0.29, 0.717) is 35.9 Å². The van der Waals surface area contributed by atoms with Crippen LogP contribution in [-0.2, 0) is 0 Å². The maximum absolute atomic E-state index is 12.0. The number of nitro benzene ring substituents is 2. The summed E-state index contributed by atoms with van der Waals surface area (Å²) in [5.74, 6) is 0.0813. The molecular formula is C24H27N5O5. The molecule has 10 heteroatoms. The van der Waals surface area contributed by atoms with Crippen LogP contribution < -0.4 is 4.90 Å². The molecule has 2 aromatic carbocycles. The Labute approximate surface area is 196 Å². The summed E-state index contributed by atoms with van der Waals surface area (Å²) >= 11 is 0. The highest BCUT2D eigenvalue weighted by molar-refractivity contribution is 5.89. The van der Waals surface area contributed by atoms with Gasteiger partial charge in [-0.25, -0.2) is 4.98 Å². The molecule has 0 spiro atoms. The fourth-order valence-corrected chi connectivity index (χ4v) is 5.40. The molecule has 0 bridgehead atoms. The predicted octanol–water partition coefficient (Wildman–Crippen LogP) is 4.84. The van der Waals surface area contributed by atoms with E-state index in [9.17, 15) is 25.3 Å². The van der Waals surface area contributed by atoms with Gasteiger partial charge in [-0.3, -0.25) is 20.2 Å². The molecule has 0 radical (unpaired) electrons.